The zero-order chi connectivity index (χ0) is 12.8. The first-order valence-electron chi connectivity index (χ1n) is 5.95. The van der Waals surface area contributed by atoms with E-state index in [0.29, 0.717) is 25.1 Å². The van der Waals surface area contributed by atoms with Gasteiger partial charge in [-0.15, -0.1) is 0 Å². The van der Waals surface area contributed by atoms with E-state index in [1.54, 1.807) is 0 Å². The molecule has 0 aromatic carbocycles. The van der Waals surface area contributed by atoms with E-state index in [1.165, 1.54) is 0 Å². The summed E-state index contributed by atoms with van der Waals surface area (Å²) in [6, 6.07) is 0.120. The van der Waals surface area contributed by atoms with Crippen molar-refractivity contribution in [3.05, 3.63) is 0 Å². The molecule has 1 atom stereocenters. The largest absolute Gasteiger partial charge is 0.380 e. The number of hydrogen-bond donors (Lipinski definition) is 2. The third-order valence-corrected chi connectivity index (χ3v) is 2.07. The van der Waals surface area contributed by atoms with Crippen LogP contribution >= 0.6 is 0 Å². The normalized spacial score (nSPS) is 15.3. The van der Waals surface area contributed by atoms with Gasteiger partial charge < -0.3 is 15.8 Å². The maximum absolute atomic E-state index is 5.85. The fraction of sp³-hybridized carbons (Fsp3) is 0.917. The van der Waals surface area contributed by atoms with Gasteiger partial charge in [0.1, 0.15) is 0 Å². The highest BCUT2D eigenvalue weighted by atomic mass is 16.5. The van der Waals surface area contributed by atoms with Crippen molar-refractivity contribution in [3.8, 4) is 0 Å². The third kappa shape index (κ3) is 7.51. The number of nitrogens with zero attached hydrogens (tertiary/aromatic N) is 1. The summed E-state index contributed by atoms with van der Waals surface area (Å²) in [4.78, 5) is 4.46. The highest BCUT2D eigenvalue weighted by Gasteiger charge is 2.15. The van der Waals surface area contributed by atoms with Crippen molar-refractivity contribution in [2.75, 3.05) is 13.2 Å². The molecule has 0 rings (SSSR count). The topological polar surface area (TPSA) is 59.6 Å². The summed E-state index contributed by atoms with van der Waals surface area (Å²) in [6.07, 6.45) is 0. The predicted octanol–water partition coefficient (Wildman–Crippen LogP) is 1.75. The number of aliphatic imine (C=N–C) groups is 1. The molecule has 4 nitrogen and oxygen atoms in total. The van der Waals surface area contributed by atoms with Crippen molar-refractivity contribution in [2.24, 2.45) is 16.6 Å². The van der Waals surface area contributed by atoms with Gasteiger partial charge in [0.2, 0.25) is 0 Å². The summed E-state index contributed by atoms with van der Waals surface area (Å²) < 4.78 is 5.40. The number of hydrogen-bond acceptors (Lipinski definition) is 2. The maximum atomic E-state index is 5.85. The van der Waals surface area contributed by atoms with Gasteiger partial charge in [-0.25, -0.2) is 4.99 Å². The Labute approximate surface area is 99.7 Å². The van der Waals surface area contributed by atoms with Crippen molar-refractivity contribution in [1.82, 2.24) is 5.32 Å². The van der Waals surface area contributed by atoms with Crippen LogP contribution in [0.25, 0.3) is 0 Å². The summed E-state index contributed by atoms with van der Waals surface area (Å²) in [5.74, 6) is 0.915. The molecular formula is C12H27N3O. The second-order valence-electron chi connectivity index (χ2n) is 5.36. The molecule has 0 amide bonds. The third-order valence-electron chi connectivity index (χ3n) is 2.07. The molecule has 1 unspecified atom stereocenters. The lowest BCUT2D eigenvalue weighted by atomic mass is 10.1. The Morgan fingerprint density at radius 1 is 1.38 bits per heavy atom. The zero-order valence-electron chi connectivity index (χ0n) is 11.5. The van der Waals surface area contributed by atoms with E-state index in [4.69, 9.17) is 10.5 Å². The average molecular weight is 229 g/mol. The van der Waals surface area contributed by atoms with E-state index in [2.05, 4.69) is 44.9 Å². The van der Waals surface area contributed by atoms with Crippen molar-refractivity contribution >= 4 is 5.96 Å². The van der Waals surface area contributed by atoms with E-state index >= 15 is 0 Å². The van der Waals surface area contributed by atoms with Gasteiger partial charge in [-0.2, -0.15) is 0 Å². The molecule has 0 bridgehead atoms. The molecule has 0 heterocycles. The van der Waals surface area contributed by atoms with Gasteiger partial charge in [0.05, 0.1) is 12.6 Å². The van der Waals surface area contributed by atoms with Crippen molar-refractivity contribution in [3.63, 3.8) is 0 Å². The minimum absolute atomic E-state index is 0.0548. The average Bonchev–Trinajstić information content (AvgIpc) is 2.08. The van der Waals surface area contributed by atoms with Crippen molar-refractivity contribution < 1.29 is 4.74 Å². The molecule has 0 aromatic rings. The van der Waals surface area contributed by atoms with Gasteiger partial charge in [-0.1, -0.05) is 13.8 Å². The lowest BCUT2D eigenvalue weighted by Crippen LogP contribution is -2.46. The van der Waals surface area contributed by atoms with Gasteiger partial charge in [0.15, 0.2) is 5.96 Å². The molecular weight excluding hydrogens is 202 g/mol. The van der Waals surface area contributed by atoms with Crippen LogP contribution in [0.4, 0.5) is 0 Å². The van der Waals surface area contributed by atoms with Gasteiger partial charge in [-0.05, 0) is 33.6 Å². The minimum atomic E-state index is -0.0548. The fourth-order valence-electron chi connectivity index (χ4n) is 1.21. The Balaban J connectivity index is 4.40. The van der Waals surface area contributed by atoms with Crippen LogP contribution in [0, 0.1) is 5.92 Å². The Morgan fingerprint density at radius 3 is 2.31 bits per heavy atom. The Bertz CT molecular complexity index is 219. The monoisotopic (exact) mass is 229 g/mol. The van der Waals surface area contributed by atoms with Crippen LogP contribution in [0.1, 0.15) is 41.5 Å². The quantitative estimate of drug-likeness (QED) is 0.558. The lowest BCUT2D eigenvalue weighted by molar-refractivity contribution is 0.121. The molecule has 3 N–H and O–H groups in total. The van der Waals surface area contributed by atoms with Crippen molar-refractivity contribution in [1.29, 1.82) is 0 Å². The predicted molar refractivity (Wildman–Crippen MR) is 69.6 cm³/mol. The van der Waals surface area contributed by atoms with Crippen molar-refractivity contribution in [2.45, 2.75) is 53.1 Å². The number of guanidine groups is 1. The number of nitrogens with one attached hydrogen (secondary N) is 1. The number of ether oxygens (including phenoxy) is 1. The molecule has 0 aromatic heterocycles. The van der Waals surface area contributed by atoms with Gasteiger partial charge in [0.25, 0.3) is 0 Å². The molecule has 0 aliphatic heterocycles. The fourth-order valence-corrected chi connectivity index (χ4v) is 1.21. The van der Waals surface area contributed by atoms with Crippen LogP contribution in [0.15, 0.2) is 4.99 Å². The van der Waals surface area contributed by atoms with E-state index in [1.807, 2.05) is 6.92 Å². The van der Waals surface area contributed by atoms with Crippen LogP contribution in [0.5, 0.6) is 0 Å². The molecule has 0 fully saturated rings. The zero-order valence-corrected chi connectivity index (χ0v) is 11.5. The molecule has 0 spiro atoms. The molecule has 0 aliphatic carbocycles. The Hall–Kier alpha value is -0.770. The SMILES string of the molecule is CCOCC(N=C(N)NC(C)(C)C)C(C)C. The summed E-state index contributed by atoms with van der Waals surface area (Å²) in [7, 11) is 0. The molecule has 0 radical (unpaired) electrons. The highest BCUT2D eigenvalue weighted by molar-refractivity contribution is 5.78. The van der Waals surface area contributed by atoms with Crippen LogP contribution in [0.2, 0.25) is 0 Å². The van der Waals surface area contributed by atoms with Gasteiger partial charge in [0, 0.05) is 12.1 Å². The van der Waals surface area contributed by atoms with Crippen LogP contribution < -0.4 is 11.1 Å². The van der Waals surface area contributed by atoms with E-state index in [0.717, 1.165) is 0 Å². The van der Waals surface area contributed by atoms with Gasteiger partial charge in [-0.3, -0.25) is 0 Å². The van der Waals surface area contributed by atoms with Crippen LogP contribution in [0.3, 0.4) is 0 Å². The first-order valence-corrected chi connectivity index (χ1v) is 5.95. The molecule has 0 saturated heterocycles. The summed E-state index contributed by atoms with van der Waals surface area (Å²) in [5, 5.41) is 3.15. The maximum Gasteiger partial charge on any atom is 0.189 e. The molecule has 96 valence electrons. The summed E-state index contributed by atoms with van der Waals surface area (Å²) >= 11 is 0. The first-order chi connectivity index (χ1) is 7.26. The Morgan fingerprint density at radius 2 is 1.94 bits per heavy atom. The van der Waals surface area contributed by atoms with Crippen LogP contribution in [-0.2, 0) is 4.74 Å². The molecule has 16 heavy (non-hydrogen) atoms. The number of rotatable bonds is 5. The van der Waals surface area contributed by atoms with E-state index in [9.17, 15) is 0 Å². The minimum Gasteiger partial charge on any atom is -0.380 e. The second-order valence-corrected chi connectivity index (χ2v) is 5.36. The van der Waals surface area contributed by atoms with E-state index < -0.39 is 0 Å². The number of nitrogens with two attached hydrogens (primary N) is 1. The smallest absolute Gasteiger partial charge is 0.189 e. The Kier molecular flexibility index (Phi) is 6.41. The standard InChI is InChI=1S/C12H27N3O/c1-7-16-8-10(9(2)3)14-11(13)15-12(4,5)6/h9-10H,7-8H2,1-6H3,(H3,13,14,15). The molecule has 0 aliphatic rings. The lowest BCUT2D eigenvalue weighted by Gasteiger charge is -2.23. The second kappa shape index (κ2) is 6.74. The molecule has 0 saturated carbocycles. The summed E-state index contributed by atoms with van der Waals surface area (Å²) in [5.41, 5.74) is 5.80. The van der Waals surface area contributed by atoms with E-state index in [-0.39, 0.29) is 11.6 Å². The molecule has 4 heteroatoms. The van der Waals surface area contributed by atoms with Crippen LogP contribution in [-0.4, -0.2) is 30.8 Å². The highest BCUT2D eigenvalue weighted by Crippen LogP contribution is 2.07. The first kappa shape index (κ1) is 15.2. The summed E-state index contributed by atoms with van der Waals surface area (Å²) in [6.45, 7) is 13.7. The van der Waals surface area contributed by atoms with Gasteiger partial charge >= 0.3 is 0 Å².